The Balaban J connectivity index is 0.000000277. The molecule has 0 aliphatic heterocycles. The van der Waals surface area contributed by atoms with Crippen LogP contribution in [0.5, 0.6) is 23.0 Å². The Kier molecular flexibility index (Phi) is 9.64. The lowest BCUT2D eigenvalue weighted by Crippen LogP contribution is -2.22. The second-order valence-corrected chi connectivity index (χ2v) is 5.18. The van der Waals surface area contributed by atoms with E-state index >= 15 is 0 Å². The molecule has 2 N–H and O–H groups in total. The Labute approximate surface area is 159 Å². The summed E-state index contributed by atoms with van der Waals surface area (Å²) < 4.78 is 15.2. The van der Waals surface area contributed by atoms with Crippen LogP contribution in [-0.4, -0.2) is 32.0 Å². The first kappa shape index (κ1) is 21.6. The molecule has 0 aliphatic rings. The van der Waals surface area contributed by atoms with Gasteiger partial charge in [-0.15, -0.1) is 6.58 Å². The molecule has 0 saturated carbocycles. The number of hydrogen-bond acceptors (Lipinski definition) is 5. The monoisotopic (exact) mass is 371 g/mol. The van der Waals surface area contributed by atoms with Crippen molar-refractivity contribution in [2.45, 2.75) is 6.42 Å². The highest BCUT2D eigenvalue weighted by molar-refractivity contribution is 5.70. The molecule has 144 valence electrons. The van der Waals surface area contributed by atoms with Gasteiger partial charge in [-0.2, -0.15) is 0 Å². The minimum absolute atomic E-state index is 0.172. The number of nitrogens with one attached hydrogen (secondary N) is 1. The number of benzene rings is 2. The predicted octanol–water partition coefficient (Wildman–Crippen LogP) is 4.10. The van der Waals surface area contributed by atoms with Gasteiger partial charge in [0.05, 0.1) is 7.11 Å². The SMILES string of the molecule is C=CCOc1ccccc1OC(=O)NC.C=CCc1ccc(O)c(OC)c1. The molecule has 0 radical (unpaired) electrons. The molecule has 0 aromatic heterocycles. The van der Waals surface area contributed by atoms with E-state index in [0.29, 0.717) is 23.9 Å². The van der Waals surface area contributed by atoms with Crippen LogP contribution in [0.15, 0.2) is 67.8 Å². The molecular weight excluding hydrogens is 346 g/mol. The van der Waals surface area contributed by atoms with Crippen molar-refractivity contribution in [3.8, 4) is 23.0 Å². The second kappa shape index (κ2) is 12.0. The summed E-state index contributed by atoms with van der Waals surface area (Å²) in [6, 6.07) is 12.2. The number of amides is 1. The van der Waals surface area contributed by atoms with E-state index < -0.39 is 6.09 Å². The highest BCUT2D eigenvalue weighted by Gasteiger charge is 2.07. The van der Waals surface area contributed by atoms with Gasteiger partial charge in [-0.1, -0.05) is 36.9 Å². The molecule has 6 nitrogen and oxygen atoms in total. The van der Waals surface area contributed by atoms with Crippen LogP contribution in [0.2, 0.25) is 0 Å². The molecule has 1 amide bonds. The third kappa shape index (κ3) is 7.56. The molecule has 0 spiro atoms. The number of carbonyl (C=O) groups is 1. The van der Waals surface area contributed by atoms with Crippen molar-refractivity contribution in [1.29, 1.82) is 0 Å². The molecule has 2 aromatic rings. The fraction of sp³-hybridized carbons (Fsp3) is 0.190. The Morgan fingerprint density at radius 1 is 1.11 bits per heavy atom. The maximum absolute atomic E-state index is 11.0. The number of para-hydroxylation sites is 2. The van der Waals surface area contributed by atoms with Gasteiger partial charge >= 0.3 is 6.09 Å². The van der Waals surface area contributed by atoms with Crippen LogP contribution >= 0.6 is 0 Å². The van der Waals surface area contributed by atoms with Crippen LogP contribution in [0, 0.1) is 0 Å². The number of aromatic hydroxyl groups is 1. The number of rotatable bonds is 7. The molecule has 0 aliphatic carbocycles. The average molecular weight is 371 g/mol. The molecule has 0 heterocycles. The Hall–Kier alpha value is -3.41. The van der Waals surface area contributed by atoms with Crippen LogP contribution in [0.3, 0.4) is 0 Å². The first-order valence-electron chi connectivity index (χ1n) is 8.24. The molecule has 0 saturated heterocycles. The summed E-state index contributed by atoms with van der Waals surface area (Å²) in [5.74, 6) is 1.58. The van der Waals surface area contributed by atoms with Gasteiger partial charge in [0, 0.05) is 7.05 Å². The van der Waals surface area contributed by atoms with Crippen molar-refractivity contribution < 1.29 is 24.1 Å². The largest absolute Gasteiger partial charge is 0.504 e. The Bertz CT molecular complexity index is 758. The molecule has 0 bridgehead atoms. The molecule has 0 unspecified atom stereocenters. The van der Waals surface area contributed by atoms with Gasteiger partial charge in [0.25, 0.3) is 0 Å². The lowest BCUT2D eigenvalue weighted by atomic mass is 10.1. The van der Waals surface area contributed by atoms with Gasteiger partial charge in [-0.05, 0) is 36.2 Å². The average Bonchev–Trinajstić information content (AvgIpc) is 2.69. The second-order valence-electron chi connectivity index (χ2n) is 5.18. The number of ether oxygens (including phenoxy) is 3. The van der Waals surface area contributed by atoms with Crippen molar-refractivity contribution in [3.05, 3.63) is 73.3 Å². The minimum atomic E-state index is -0.523. The van der Waals surface area contributed by atoms with Crippen molar-refractivity contribution in [1.82, 2.24) is 5.32 Å². The number of hydrogen-bond donors (Lipinski definition) is 2. The molecular formula is C21H25NO5. The summed E-state index contributed by atoms with van der Waals surface area (Å²) in [5, 5.41) is 11.6. The van der Waals surface area contributed by atoms with E-state index in [0.717, 1.165) is 12.0 Å². The van der Waals surface area contributed by atoms with Crippen LogP contribution in [0.1, 0.15) is 5.56 Å². The summed E-state index contributed by atoms with van der Waals surface area (Å²) in [7, 11) is 3.03. The van der Waals surface area contributed by atoms with Gasteiger partial charge in [0.15, 0.2) is 23.0 Å². The topological polar surface area (TPSA) is 77.0 Å². The van der Waals surface area contributed by atoms with Crippen molar-refractivity contribution >= 4 is 6.09 Å². The maximum Gasteiger partial charge on any atom is 0.412 e. The minimum Gasteiger partial charge on any atom is -0.504 e. The summed E-state index contributed by atoms with van der Waals surface area (Å²) in [5.41, 5.74) is 1.08. The number of allylic oxidation sites excluding steroid dienone is 1. The zero-order chi connectivity index (χ0) is 20.1. The first-order chi connectivity index (χ1) is 13.0. The summed E-state index contributed by atoms with van der Waals surface area (Å²) in [6.07, 6.45) is 3.70. The van der Waals surface area contributed by atoms with Gasteiger partial charge in [0.1, 0.15) is 6.61 Å². The van der Waals surface area contributed by atoms with E-state index in [2.05, 4.69) is 18.5 Å². The Morgan fingerprint density at radius 2 is 1.81 bits per heavy atom. The van der Waals surface area contributed by atoms with Crippen LogP contribution in [0.25, 0.3) is 0 Å². The van der Waals surface area contributed by atoms with Crippen LogP contribution < -0.4 is 19.5 Å². The molecule has 2 rings (SSSR count). The number of carbonyl (C=O) groups excluding carboxylic acids is 1. The van der Waals surface area contributed by atoms with Crippen molar-refractivity contribution in [2.24, 2.45) is 0 Å². The van der Waals surface area contributed by atoms with Crippen molar-refractivity contribution in [3.63, 3.8) is 0 Å². The lowest BCUT2D eigenvalue weighted by Gasteiger charge is -2.09. The normalized spacial score (nSPS) is 9.26. The van der Waals surface area contributed by atoms with Gasteiger partial charge < -0.3 is 24.6 Å². The van der Waals surface area contributed by atoms with Crippen LogP contribution in [-0.2, 0) is 6.42 Å². The van der Waals surface area contributed by atoms with E-state index in [1.165, 1.54) is 14.2 Å². The highest BCUT2D eigenvalue weighted by Crippen LogP contribution is 2.27. The van der Waals surface area contributed by atoms with E-state index in [4.69, 9.17) is 14.2 Å². The van der Waals surface area contributed by atoms with Gasteiger partial charge in [-0.3, -0.25) is 0 Å². The Morgan fingerprint density at radius 3 is 2.41 bits per heavy atom. The van der Waals surface area contributed by atoms with Gasteiger partial charge in [0.2, 0.25) is 0 Å². The number of phenolic OH excluding ortho intramolecular Hbond substituents is 1. The standard InChI is InChI=1S/C11H13NO3.C10H12O2/c1-3-8-14-9-6-4-5-7-10(9)15-11(13)12-2;1-3-4-8-5-6-9(11)10(7-8)12-2/h3-7H,1,8H2,2H3,(H,12,13);3,5-7,11H,1,4H2,2H3. The predicted molar refractivity (Wildman–Crippen MR) is 106 cm³/mol. The van der Waals surface area contributed by atoms with E-state index in [-0.39, 0.29) is 5.75 Å². The molecule has 27 heavy (non-hydrogen) atoms. The van der Waals surface area contributed by atoms with Crippen molar-refractivity contribution in [2.75, 3.05) is 20.8 Å². The molecule has 0 fully saturated rings. The summed E-state index contributed by atoms with van der Waals surface area (Å²) in [6.45, 7) is 7.54. The van der Waals surface area contributed by atoms with Gasteiger partial charge in [-0.25, -0.2) is 4.79 Å². The van der Waals surface area contributed by atoms with E-state index in [1.54, 1.807) is 42.5 Å². The third-order valence-electron chi connectivity index (χ3n) is 3.24. The number of methoxy groups -OCH3 is 1. The van der Waals surface area contributed by atoms with Crippen LogP contribution in [0.4, 0.5) is 4.79 Å². The molecule has 0 atom stereocenters. The van der Waals surface area contributed by atoms with E-state index in [9.17, 15) is 9.90 Å². The summed E-state index contributed by atoms with van der Waals surface area (Å²) in [4.78, 5) is 11.0. The molecule has 2 aromatic carbocycles. The fourth-order valence-corrected chi connectivity index (χ4v) is 1.97. The summed E-state index contributed by atoms with van der Waals surface area (Å²) >= 11 is 0. The zero-order valence-corrected chi connectivity index (χ0v) is 15.6. The third-order valence-corrected chi connectivity index (χ3v) is 3.24. The fourth-order valence-electron chi connectivity index (χ4n) is 1.97. The lowest BCUT2D eigenvalue weighted by molar-refractivity contribution is 0.200. The smallest absolute Gasteiger partial charge is 0.412 e. The zero-order valence-electron chi connectivity index (χ0n) is 15.6. The molecule has 6 heteroatoms. The maximum atomic E-state index is 11.0. The quantitative estimate of drug-likeness (QED) is 0.717. The number of phenols is 1. The first-order valence-corrected chi connectivity index (χ1v) is 8.24. The van der Waals surface area contributed by atoms with E-state index in [1.807, 2.05) is 12.1 Å². The highest BCUT2D eigenvalue weighted by atomic mass is 16.6.